The van der Waals surface area contributed by atoms with Crippen LogP contribution in [0.5, 0.6) is 5.88 Å². The maximum absolute atomic E-state index is 4.93. The molecule has 0 saturated carbocycles. The molecule has 0 unspecified atom stereocenters. The van der Waals surface area contributed by atoms with Gasteiger partial charge in [-0.1, -0.05) is 0 Å². The average molecular weight is 154 g/mol. The molecule has 0 fully saturated rings. The van der Waals surface area contributed by atoms with Gasteiger partial charge in [-0.15, -0.1) is 0 Å². The molecule has 52 valence electrons. The zero-order chi connectivity index (χ0) is 6.97. The quantitative estimate of drug-likeness (QED) is 0.678. The van der Waals surface area contributed by atoms with Crippen molar-refractivity contribution in [3.8, 4) is 5.88 Å². The Labute approximate surface area is 61.8 Å². The van der Waals surface area contributed by atoms with Crippen LogP contribution < -0.4 is 4.74 Å². The van der Waals surface area contributed by atoms with Crippen LogP contribution in [0.25, 0.3) is 10.3 Å². The summed E-state index contributed by atoms with van der Waals surface area (Å²) in [5.41, 5.74) is 1.09. The number of hydrogen-bond acceptors (Lipinski definition) is 3. The van der Waals surface area contributed by atoms with Crippen molar-refractivity contribution in [3.05, 3.63) is 12.1 Å². The summed E-state index contributed by atoms with van der Waals surface area (Å²) >= 11 is 1.52. The summed E-state index contributed by atoms with van der Waals surface area (Å²) in [6, 6.07) is 3.79. The second kappa shape index (κ2) is 1.98. The van der Waals surface area contributed by atoms with E-state index in [9.17, 15) is 0 Å². The molecule has 2 heterocycles. The number of nitrogens with zero attached hydrogens (tertiary/aromatic N) is 1. The Morgan fingerprint density at radius 3 is 3.00 bits per heavy atom. The van der Waals surface area contributed by atoms with Gasteiger partial charge in [0, 0.05) is 6.07 Å². The Balaban J connectivity index is 2.57. The van der Waals surface area contributed by atoms with Crippen LogP contribution in [0.15, 0.2) is 12.1 Å². The lowest BCUT2D eigenvalue weighted by Gasteiger charge is -2.01. The molecule has 4 heteroatoms. The molecule has 0 bridgehead atoms. The van der Waals surface area contributed by atoms with Crippen molar-refractivity contribution >= 4 is 21.9 Å². The molecule has 0 aliphatic heterocycles. The zero-order valence-corrected chi connectivity index (χ0v) is 6.23. The van der Waals surface area contributed by atoms with E-state index >= 15 is 0 Å². The van der Waals surface area contributed by atoms with Crippen LogP contribution in [0.1, 0.15) is 0 Å². The summed E-state index contributed by atoms with van der Waals surface area (Å²) in [5.74, 6) is 0.674. The number of pyridine rings is 1. The average Bonchev–Trinajstić information content (AvgIpc) is 1.92. The first-order valence-electron chi connectivity index (χ1n) is 2.88. The summed E-state index contributed by atoms with van der Waals surface area (Å²) in [5, 5.41) is 0. The molecule has 0 saturated heterocycles. The molecular formula is C6H6N2OS. The number of ether oxygens (including phenoxy) is 1. The van der Waals surface area contributed by atoms with Crippen LogP contribution in [0.2, 0.25) is 0 Å². The third-order valence-corrected chi connectivity index (χ3v) is 2.13. The van der Waals surface area contributed by atoms with Gasteiger partial charge >= 0.3 is 0 Å². The van der Waals surface area contributed by atoms with Crippen molar-refractivity contribution in [2.24, 2.45) is 0 Å². The van der Waals surface area contributed by atoms with Crippen molar-refractivity contribution in [2.45, 2.75) is 0 Å². The minimum atomic E-state index is 0.674. The minimum Gasteiger partial charge on any atom is -0.481 e. The van der Waals surface area contributed by atoms with Gasteiger partial charge in [-0.2, -0.15) is 4.98 Å². The first-order valence-corrected chi connectivity index (χ1v) is 3.70. The highest BCUT2D eigenvalue weighted by Crippen LogP contribution is 2.20. The van der Waals surface area contributed by atoms with Gasteiger partial charge in [0.15, 0.2) is 4.83 Å². The third kappa shape index (κ3) is 0.690. The van der Waals surface area contributed by atoms with Gasteiger partial charge in [0.05, 0.1) is 12.6 Å². The van der Waals surface area contributed by atoms with E-state index in [0.717, 1.165) is 10.3 Å². The summed E-state index contributed by atoms with van der Waals surface area (Å²) < 4.78 is 7.97. The fourth-order valence-electron chi connectivity index (χ4n) is 0.750. The van der Waals surface area contributed by atoms with E-state index in [1.165, 1.54) is 11.5 Å². The molecule has 0 aliphatic carbocycles. The van der Waals surface area contributed by atoms with E-state index in [4.69, 9.17) is 4.74 Å². The van der Waals surface area contributed by atoms with E-state index in [1.54, 1.807) is 7.11 Å². The van der Waals surface area contributed by atoms with Gasteiger partial charge in [-0.25, -0.2) is 0 Å². The second-order valence-corrected chi connectivity index (χ2v) is 2.71. The smallest absolute Gasteiger partial charge is 0.214 e. The Bertz CT molecular complexity index is 338. The topological polar surface area (TPSA) is 37.9 Å². The molecule has 10 heavy (non-hydrogen) atoms. The molecular weight excluding hydrogens is 148 g/mol. The number of fused-ring (bicyclic) bond motifs is 1. The van der Waals surface area contributed by atoms with Crippen LogP contribution in [-0.2, 0) is 0 Å². The maximum atomic E-state index is 4.93. The summed E-state index contributed by atoms with van der Waals surface area (Å²) in [6.07, 6.45) is 0. The van der Waals surface area contributed by atoms with Crippen molar-refractivity contribution in [2.75, 3.05) is 7.11 Å². The van der Waals surface area contributed by atoms with Gasteiger partial charge in [-0.3, -0.25) is 0 Å². The van der Waals surface area contributed by atoms with E-state index in [0.29, 0.717) is 5.88 Å². The molecule has 0 spiro atoms. The minimum absolute atomic E-state index is 0.674. The zero-order valence-electron chi connectivity index (χ0n) is 5.42. The Hall–Kier alpha value is -1.03. The largest absolute Gasteiger partial charge is 0.481 e. The summed E-state index contributed by atoms with van der Waals surface area (Å²) in [4.78, 5) is 5.17. The highest BCUT2D eigenvalue weighted by atomic mass is 32.1. The Kier molecular flexibility index (Phi) is 1.14. The van der Waals surface area contributed by atoms with Crippen LogP contribution >= 0.6 is 11.5 Å². The Morgan fingerprint density at radius 1 is 1.60 bits per heavy atom. The van der Waals surface area contributed by atoms with E-state index in [2.05, 4.69) is 9.36 Å². The standard InChI is InChI=1S/C6H6N2OS/c1-9-5-3-2-4-6(7-5)10-8-4/h2-3,8H,1H3. The van der Waals surface area contributed by atoms with Crippen LogP contribution in [0.3, 0.4) is 0 Å². The van der Waals surface area contributed by atoms with Crippen molar-refractivity contribution in [1.82, 2.24) is 9.36 Å². The Morgan fingerprint density at radius 2 is 2.50 bits per heavy atom. The number of H-pyrrole nitrogens is 1. The lowest BCUT2D eigenvalue weighted by atomic mass is 10.4. The van der Waals surface area contributed by atoms with Crippen LogP contribution in [-0.4, -0.2) is 16.5 Å². The van der Waals surface area contributed by atoms with E-state index in [1.807, 2.05) is 12.1 Å². The number of aromatic nitrogens is 2. The van der Waals surface area contributed by atoms with Gasteiger partial charge in [-0.05, 0) is 17.6 Å². The lowest BCUT2D eigenvalue weighted by Crippen LogP contribution is -1.88. The fourth-order valence-corrected chi connectivity index (χ4v) is 1.33. The fraction of sp³-hybridized carbons (Fsp3) is 0.167. The number of hydrogen-bond donors (Lipinski definition) is 1. The number of rotatable bonds is 1. The molecule has 0 atom stereocenters. The van der Waals surface area contributed by atoms with Gasteiger partial charge in [0.1, 0.15) is 0 Å². The monoisotopic (exact) mass is 154 g/mol. The maximum Gasteiger partial charge on any atom is 0.214 e. The van der Waals surface area contributed by atoms with Gasteiger partial charge in [0.2, 0.25) is 5.88 Å². The highest BCUT2D eigenvalue weighted by Gasteiger charge is 1.99. The molecule has 3 nitrogen and oxygen atoms in total. The van der Waals surface area contributed by atoms with Crippen molar-refractivity contribution < 1.29 is 4.74 Å². The predicted molar refractivity (Wildman–Crippen MR) is 40.5 cm³/mol. The third-order valence-electron chi connectivity index (χ3n) is 1.30. The van der Waals surface area contributed by atoms with E-state index < -0.39 is 0 Å². The van der Waals surface area contributed by atoms with Gasteiger partial charge < -0.3 is 9.11 Å². The molecule has 0 amide bonds. The summed E-state index contributed by atoms with van der Waals surface area (Å²) in [7, 11) is 1.62. The van der Waals surface area contributed by atoms with Crippen LogP contribution in [0, 0.1) is 0 Å². The van der Waals surface area contributed by atoms with Crippen molar-refractivity contribution in [1.29, 1.82) is 0 Å². The lowest BCUT2D eigenvalue weighted by molar-refractivity contribution is 0.399. The number of aromatic amines is 1. The van der Waals surface area contributed by atoms with Crippen molar-refractivity contribution in [3.63, 3.8) is 0 Å². The first kappa shape index (κ1) is 5.73. The first-order chi connectivity index (χ1) is 4.90. The normalized spacial score (nSPS) is 10.5. The van der Waals surface area contributed by atoms with Gasteiger partial charge in [0.25, 0.3) is 0 Å². The number of methoxy groups -OCH3 is 1. The summed E-state index contributed by atoms with van der Waals surface area (Å²) in [6.45, 7) is 0. The molecule has 1 N–H and O–H groups in total. The SMILES string of the molecule is COc1ccc2[nH]sc2n1. The number of nitrogens with one attached hydrogen (secondary N) is 1. The van der Waals surface area contributed by atoms with E-state index in [-0.39, 0.29) is 0 Å². The molecule has 0 radical (unpaired) electrons. The molecule has 2 rings (SSSR count). The predicted octanol–water partition coefficient (Wildman–Crippen LogP) is 1.63. The molecule has 2 aromatic heterocycles. The molecule has 0 aromatic carbocycles. The molecule has 2 aromatic rings. The molecule has 0 aliphatic rings. The second-order valence-electron chi connectivity index (χ2n) is 1.91. The highest BCUT2D eigenvalue weighted by molar-refractivity contribution is 7.14. The van der Waals surface area contributed by atoms with Crippen LogP contribution in [0.4, 0.5) is 0 Å².